The van der Waals surface area contributed by atoms with Crippen LogP contribution in [0, 0.1) is 6.92 Å². The van der Waals surface area contributed by atoms with E-state index in [1.807, 2.05) is 0 Å². The number of aryl methyl sites for hydroxylation is 1. The fourth-order valence-electron chi connectivity index (χ4n) is 0.949. The van der Waals surface area contributed by atoms with Gasteiger partial charge in [0, 0.05) is 11.5 Å². The quantitative estimate of drug-likeness (QED) is 0.700. The molecule has 0 saturated carbocycles. The highest BCUT2D eigenvalue weighted by Gasteiger charge is 2.33. The van der Waals surface area contributed by atoms with Gasteiger partial charge in [0.1, 0.15) is 0 Å². The van der Waals surface area contributed by atoms with E-state index in [0.29, 0.717) is 5.56 Å². The Bertz CT molecular complexity index is 309. The Kier molecular flexibility index (Phi) is 2.95. The van der Waals surface area contributed by atoms with Crippen molar-refractivity contribution >= 4 is 15.9 Å². The van der Waals surface area contributed by atoms with Gasteiger partial charge in [-0.05, 0) is 18.6 Å². The zero-order valence-corrected chi connectivity index (χ0v) is 8.41. The smallest absolute Gasteiger partial charge is 0.260 e. The van der Waals surface area contributed by atoms with E-state index in [4.69, 9.17) is 0 Å². The minimum atomic E-state index is -4.32. The molecule has 13 heavy (non-hydrogen) atoms. The van der Waals surface area contributed by atoms with Gasteiger partial charge >= 0.3 is 6.18 Å². The first kappa shape index (κ1) is 10.5. The summed E-state index contributed by atoms with van der Waals surface area (Å²) in [6.07, 6.45) is -2.89. The highest BCUT2D eigenvalue weighted by molar-refractivity contribution is 9.08. The number of hydrogen-bond donors (Lipinski definition) is 0. The Morgan fingerprint density at radius 1 is 1.46 bits per heavy atom. The summed E-state index contributed by atoms with van der Waals surface area (Å²) in [4.78, 5) is 3.70. The van der Waals surface area contributed by atoms with Gasteiger partial charge in [-0.15, -0.1) is 0 Å². The summed E-state index contributed by atoms with van der Waals surface area (Å²) in [7, 11) is 0. The first-order chi connectivity index (χ1) is 5.95. The normalized spacial score (nSPS) is 11.8. The Hall–Kier alpha value is -0.580. The molecule has 5 heteroatoms. The third-order valence-corrected chi connectivity index (χ3v) is 2.07. The maximum atomic E-state index is 12.4. The molecule has 0 radical (unpaired) electrons. The second kappa shape index (κ2) is 3.65. The first-order valence-electron chi connectivity index (χ1n) is 3.54. The van der Waals surface area contributed by atoms with Gasteiger partial charge in [-0.3, -0.25) is 4.98 Å². The molecule has 0 bridgehead atoms. The number of nitrogens with zero attached hydrogens (tertiary/aromatic N) is 1. The van der Waals surface area contributed by atoms with Crippen molar-refractivity contribution in [3.05, 3.63) is 29.1 Å². The lowest BCUT2D eigenvalue weighted by atomic mass is 10.1. The van der Waals surface area contributed by atoms with Crippen LogP contribution < -0.4 is 0 Å². The van der Waals surface area contributed by atoms with E-state index < -0.39 is 11.7 Å². The minimum absolute atomic E-state index is 0.0260. The van der Waals surface area contributed by atoms with Gasteiger partial charge in [0.05, 0.1) is 11.3 Å². The van der Waals surface area contributed by atoms with E-state index in [1.54, 1.807) is 6.92 Å². The third-order valence-electron chi connectivity index (χ3n) is 1.54. The molecule has 0 atom stereocenters. The lowest BCUT2D eigenvalue weighted by Crippen LogP contribution is -2.10. The molecule has 0 aliphatic carbocycles. The predicted molar refractivity (Wildman–Crippen MR) is 46.6 cm³/mol. The maximum Gasteiger partial charge on any atom is 0.418 e. The van der Waals surface area contributed by atoms with Crippen LogP contribution in [0.2, 0.25) is 0 Å². The summed E-state index contributed by atoms with van der Waals surface area (Å²) >= 11 is 2.96. The second-order valence-electron chi connectivity index (χ2n) is 2.64. The molecule has 1 rings (SSSR count). The van der Waals surface area contributed by atoms with Crippen molar-refractivity contribution in [1.82, 2.24) is 4.98 Å². The molecular weight excluding hydrogens is 247 g/mol. The molecule has 0 amide bonds. The van der Waals surface area contributed by atoms with E-state index in [2.05, 4.69) is 20.9 Å². The van der Waals surface area contributed by atoms with Gasteiger partial charge < -0.3 is 0 Å². The Morgan fingerprint density at radius 2 is 2.08 bits per heavy atom. The Labute approximate surface area is 82.1 Å². The maximum absolute atomic E-state index is 12.4. The number of pyridine rings is 1. The van der Waals surface area contributed by atoms with E-state index >= 15 is 0 Å². The summed E-state index contributed by atoms with van der Waals surface area (Å²) < 4.78 is 37.1. The Morgan fingerprint density at radius 3 is 2.54 bits per heavy atom. The molecule has 0 N–H and O–H groups in total. The van der Waals surface area contributed by atoms with Crippen LogP contribution in [0.3, 0.4) is 0 Å². The van der Waals surface area contributed by atoms with Gasteiger partial charge in [-0.25, -0.2) is 0 Å². The number of rotatable bonds is 1. The predicted octanol–water partition coefficient (Wildman–Crippen LogP) is 3.30. The van der Waals surface area contributed by atoms with Crippen molar-refractivity contribution in [2.24, 2.45) is 0 Å². The molecule has 0 saturated heterocycles. The minimum Gasteiger partial charge on any atom is -0.260 e. The molecule has 0 unspecified atom stereocenters. The number of alkyl halides is 4. The number of aromatic nitrogens is 1. The van der Waals surface area contributed by atoms with Crippen molar-refractivity contribution in [3.63, 3.8) is 0 Å². The summed E-state index contributed by atoms with van der Waals surface area (Å²) in [5.74, 6) is 0. The standard InChI is InChI=1S/C8H7BrF3N/c1-5-2-6(8(10,11)12)7(3-9)13-4-5/h2,4H,3H2,1H3. The van der Waals surface area contributed by atoms with E-state index in [1.165, 1.54) is 6.20 Å². The molecule has 1 nitrogen and oxygen atoms in total. The summed E-state index contributed by atoms with van der Waals surface area (Å²) in [5.41, 5.74) is -0.125. The monoisotopic (exact) mass is 253 g/mol. The molecule has 1 heterocycles. The lowest BCUT2D eigenvalue weighted by molar-refractivity contribution is -0.138. The second-order valence-corrected chi connectivity index (χ2v) is 3.20. The third kappa shape index (κ3) is 2.43. The SMILES string of the molecule is Cc1cnc(CBr)c(C(F)(F)F)c1. The highest BCUT2D eigenvalue weighted by Crippen LogP contribution is 2.32. The molecule has 72 valence electrons. The van der Waals surface area contributed by atoms with Gasteiger partial charge in [-0.1, -0.05) is 15.9 Å². The molecular formula is C8H7BrF3N. The van der Waals surface area contributed by atoms with Crippen LogP contribution in [0.25, 0.3) is 0 Å². The Balaban J connectivity index is 3.24. The van der Waals surface area contributed by atoms with Crippen LogP contribution in [0.4, 0.5) is 13.2 Å². The number of hydrogen-bond acceptors (Lipinski definition) is 1. The van der Waals surface area contributed by atoms with Crippen LogP contribution in [-0.4, -0.2) is 4.98 Å². The summed E-state index contributed by atoms with van der Waals surface area (Å²) in [6.45, 7) is 1.58. The van der Waals surface area contributed by atoms with Crippen molar-refractivity contribution in [2.75, 3.05) is 0 Å². The molecule has 0 fully saturated rings. The first-order valence-corrected chi connectivity index (χ1v) is 4.66. The van der Waals surface area contributed by atoms with Crippen molar-refractivity contribution in [2.45, 2.75) is 18.4 Å². The van der Waals surface area contributed by atoms with E-state index in [0.717, 1.165) is 6.07 Å². The average Bonchev–Trinajstić information content (AvgIpc) is 2.03. The molecule has 0 aromatic carbocycles. The number of halogens is 4. The van der Waals surface area contributed by atoms with E-state index in [9.17, 15) is 13.2 Å². The fraction of sp³-hybridized carbons (Fsp3) is 0.375. The van der Waals surface area contributed by atoms with Gasteiger partial charge in [0.15, 0.2) is 0 Å². The molecule has 0 spiro atoms. The van der Waals surface area contributed by atoms with Crippen LogP contribution in [0.1, 0.15) is 16.8 Å². The molecule has 0 aliphatic heterocycles. The molecule has 0 aliphatic rings. The zero-order valence-electron chi connectivity index (χ0n) is 6.82. The summed E-state index contributed by atoms with van der Waals surface area (Å²) in [6, 6.07) is 1.10. The van der Waals surface area contributed by atoms with Crippen molar-refractivity contribution in [1.29, 1.82) is 0 Å². The topological polar surface area (TPSA) is 12.9 Å². The summed E-state index contributed by atoms with van der Waals surface area (Å²) in [5, 5.41) is 0.113. The largest absolute Gasteiger partial charge is 0.418 e. The van der Waals surface area contributed by atoms with Crippen LogP contribution >= 0.6 is 15.9 Å². The van der Waals surface area contributed by atoms with Crippen molar-refractivity contribution in [3.8, 4) is 0 Å². The molecule has 1 aromatic rings. The fourth-order valence-corrected chi connectivity index (χ4v) is 1.40. The van der Waals surface area contributed by atoms with Gasteiger partial charge in [0.25, 0.3) is 0 Å². The van der Waals surface area contributed by atoms with Crippen LogP contribution in [0.15, 0.2) is 12.3 Å². The average molecular weight is 254 g/mol. The lowest BCUT2D eigenvalue weighted by Gasteiger charge is -2.10. The van der Waals surface area contributed by atoms with Crippen LogP contribution in [0.5, 0.6) is 0 Å². The zero-order chi connectivity index (χ0) is 10.1. The van der Waals surface area contributed by atoms with Gasteiger partial charge in [-0.2, -0.15) is 13.2 Å². The molecule has 1 aromatic heterocycles. The van der Waals surface area contributed by atoms with Crippen LogP contribution in [-0.2, 0) is 11.5 Å². The van der Waals surface area contributed by atoms with Crippen molar-refractivity contribution < 1.29 is 13.2 Å². The highest BCUT2D eigenvalue weighted by atomic mass is 79.9. The van der Waals surface area contributed by atoms with Gasteiger partial charge in [0.2, 0.25) is 0 Å². The van der Waals surface area contributed by atoms with E-state index in [-0.39, 0.29) is 11.0 Å².